The lowest BCUT2D eigenvalue weighted by Crippen LogP contribution is -2.01. The molecular weight excluding hydrogens is 570 g/mol. The van der Waals surface area contributed by atoms with Crippen molar-refractivity contribution < 1.29 is 19.2 Å². The molecule has 0 aromatic heterocycles. The highest BCUT2D eigenvalue weighted by Gasteiger charge is 2.13. The second-order valence-electron chi connectivity index (χ2n) is 6.49. The van der Waals surface area contributed by atoms with Gasteiger partial charge in [-0.3, -0.25) is 10.1 Å². The Morgan fingerprint density at radius 2 is 1.94 bits per heavy atom. The van der Waals surface area contributed by atoms with Crippen molar-refractivity contribution in [1.29, 1.82) is 0 Å². The third-order valence-electron chi connectivity index (χ3n) is 4.27. The Balaban J connectivity index is 1.66. The quantitative estimate of drug-likeness (QED) is 0.121. The van der Waals surface area contributed by atoms with Crippen LogP contribution in [0.2, 0.25) is 10.0 Å². The average molecular weight is 587 g/mol. The summed E-state index contributed by atoms with van der Waals surface area (Å²) in [5.74, 6) is 1.11. The summed E-state index contributed by atoms with van der Waals surface area (Å²) in [7, 11) is 1.55. The Bertz CT molecular complexity index is 1160. The molecule has 3 aromatic carbocycles. The van der Waals surface area contributed by atoms with Crippen molar-refractivity contribution in [3.05, 3.63) is 95.0 Å². The number of nitro groups is 1. The van der Waals surface area contributed by atoms with E-state index in [-0.39, 0.29) is 18.9 Å². The summed E-state index contributed by atoms with van der Waals surface area (Å²) in [6.45, 7) is 0.359. The molecule has 0 aliphatic rings. The minimum atomic E-state index is -0.453. The molecule has 0 heterocycles. The van der Waals surface area contributed by atoms with Gasteiger partial charge in [0.2, 0.25) is 0 Å². The molecule has 3 rings (SSSR count). The normalized spacial score (nSPS) is 10.9. The first-order chi connectivity index (χ1) is 15.4. The second kappa shape index (κ2) is 11.3. The first kappa shape index (κ1) is 24.1. The molecule has 0 aliphatic carbocycles. The molecule has 10 heteroatoms. The van der Waals surface area contributed by atoms with Crippen molar-refractivity contribution in [3.8, 4) is 11.5 Å². The number of halogens is 3. The summed E-state index contributed by atoms with van der Waals surface area (Å²) in [5.41, 5.74) is 2.19. The van der Waals surface area contributed by atoms with Crippen LogP contribution in [0.15, 0.2) is 59.8 Å². The van der Waals surface area contributed by atoms with Crippen LogP contribution in [-0.4, -0.2) is 18.2 Å². The predicted molar refractivity (Wildman–Crippen MR) is 132 cm³/mol. The number of rotatable bonds is 9. The van der Waals surface area contributed by atoms with Crippen LogP contribution in [0, 0.1) is 13.7 Å². The lowest BCUT2D eigenvalue weighted by molar-refractivity contribution is -0.384. The molecular formula is C22H17Cl2IN2O5. The third-order valence-corrected chi connectivity index (χ3v) is 5.66. The van der Waals surface area contributed by atoms with Crippen LogP contribution < -0.4 is 9.47 Å². The van der Waals surface area contributed by atoms with Gasteiger partial charge in [-0.2, -0.15) is 0 Å². The van der Waals surface area contributed by atoms with Crippen molar-refractivity contribution >= 4 is 57.7 Å². The Kier molecular flexibility index (Phi) is 8.54. The largest absolute Gasteiger partial charge is 0.493 e. The standard InChI is InChI=1S/C22H17Cl2IN2O5/c1-30-21-9-15(11-26-32-12-14-3-2-4-18(7-14)27(28)29)8-20(25)22(21)31-13-16-5-6-17(23)10-19(16)24/h2-11H,12-13H2,1H3/b26-11-. The maximum Gasteiger partial charge on any atom is 0.269 e. The first-order valence-electron chi connectivity index (χ1n) is 9.20. The summed E-state index contributed by atoms with van der Waals surface area (Å²) in [5, 5.41) is 15.9. The predicted octanol–water partition coefficient (Wildman–Crippen LogP) is 6.64. The van der Waals surface area contributed by atoms with Crippen LogP contribution in [0.1, 0.15) is 16.7 Å². The summed E-state index contributed by atoms with van der Waals surface area (Å²) in [4.78, 5) is 15.7. The highest BCUT2D eigenvalue weighted by Crippen LogP contribution is 2.35. The number of hydrogen-bond donors (Lipinski definition) is 0. The molecule has 0 amide bonds. The van der Waals surface area contributed by atoms with Crippen LogP contribution in [0.3, 0.4) is 0 Å². The molecule has 166 valence electrons. The highest BCUT2D eigenvalue weighted by atomic mass is 127. The Morgan fingerprint density at radius 1 is 1.12 bits per heavy atom. The second-order valence-corrected chi connectivity index (χ2v) is 8.50. The van der Waals surface area contributed by atoms with E-state index in [0.29, 0.717) is 27.1 Å². The van der Waals surface area contributed by atoms with E-state index >= 15 is 0 Å². The molecule has 0 unspecified atom stereocenters. The lowest BCUT2D eigenvalue weighted by Gasteiger charge is -2.14. The van der Waals surface area contributed by atoms with Crippen LogP contribution in [0.5, 0.6) is 11.5 Å². The fraction of sp³-hybridized carbons (Fsp3) is 0.136. The number of methoxy groups -OCH3 is 1. The Hall–Kier alpha value is -2.56. The molecule has 0 radical (unpaired) electrons. The van der Waals surface area contributed by atoms with E-state index < -0.39 is 4.92 Å². The van der Waals surface area contributed by atoms with Crippen LogP contribution in [-0.2, 0) is 18.1 Å². The van der Waals surface area contributed by atoms with Gasteiger partial charge in [0.1, 0.15) is 13.2 Å². The molecule has 0 saturated carbocycles. The van der Waals surface area contributed by atoms with E-state index in [1.165, 1.54) is 18.3 Å². The number of ether oxygens (including phenoxy) is 2. The molecule has 0 N–H and O–H groups in total. The van der Waals surface area contributed by atoms with Crippen LogP contribution >= 0.6 is 45.8 Å². The highest BCUT2D eigenvalue weighted by molar-refractivity contribution is 14.1. The number of hydrogen-bond acceptors (Lipinski definition) is 6. The smallest absolute Gasteiger partial charge is 0.269 e. The van der Waals surface area contributed by atoms with Crippen molar-refractivity contribution in [3.63, 3.8) is 0 Å². The third kappa shape index (κ3) is 6.47. The average Bonchev–Trinajstić information content (AvgIpc) is 2.77. The van der Waals surface area contributed by atoms with E-state index in [9.17, 15) is 10.1 Å². The molecule has 0 aliphatic heterocycles. The van der Waals surface area contributed by atoms with Crippen LogP contribution in [0.25, 0.3) is 0 Å². The molecule has 3 aromatic rings. The van der Waals surface area contributed by atoms with Crippen molar-refractivity contribution in [2.24, 2.45) is 5.16 Å². The van der Waals surface area contributed by atoms with E-state index in [1.54, 1.807) is 37.4 Å². The Labute approximate surface area is 208 Å². The summed E-state index contributed by atoms with van der Waals surface area (Å²) >= 11 is 14.3. The topological polar surface area (TPSA) is 83.2 Å². The van der Waals surface area contributed by atoms with Gasteiger partial charge in [-0.05, 0) is 52.4 Å². The van der Waals surface area contributed by atoms with E-state index in [2.05, 4.69) is 27.7 Å². The molecule has 0 spiro atoms. The van der Waals surface area contributed by atoms with Gasteiger partial charge in [-0.1, -0.05) is 46.6 Å². The fourth-order valence-electron chi connectivity index (χ4n) is 2.71. The number of nitro benzene ring substituents is 1. The van der Waals surface area contributed by atoms with Crippen LogP contribution in [0.4, 0.5) is 5.69 Å². The minimum Gasteiger partial charge on any atom is -0.493 e. The van der Waals surface area contributed by atoms with E-state index in [4.69, 9.17) is 37.5 Å². The van der Waals surface area contributed by atoms with Gasteiger partial charge in [0.05, 0.1) is 21.8 Å². The minimum absolute atomic E-state index is 0.00449. The fourth-order valence-corrected chi connectivity index (χ4v) is 3.96. The van der Waals surface area contributed by atoms with Gasteiger partial charge in [0.25, 0.3) is 5.69 Å². The maximum absolute atomic E-state index is 10.8. The monoisotopic (exact) mass is 586 g/mol. The van der Waals surface area contributed by atoms with Gasteiger partial charge in [-0.15, -0.1) is 0 Å². The lowest BCUT2D eigenvalue weighted by atomic mass is 10.2. The zero-order valence-electron chi connectivity index (χ0n) is 16.8. The first-order valence-corrected chi connectivity index (χ1v) is 11.0. The summed E-state index contributed by atoms with van der Waals surface area (Å²) in [6, 6.07) is 15.1. The SMILES string of the molecule is COc1cc(/C=N\OCc2cccc([N+](=O)[O-])c2)cc(I)c1OCc1ccc(Cl)cc1Cl. The number of oxime groups is 1. The van der Waals surface area contributed by atoms with Crippen molar-refractivity contribution in [2.45, 2.75) is 13.2 Å². The van der Waals surface area contributed by atoms with E-state index in [0.717, 1.165) is 14.7 Å². The number of non-ortho nitro benzene ring substituents is 1. The molecule has 0 fully saturated rings. The molecule has 0 bridgehead atoms. The van der Waals surface area contributed by atoms with E-state index in [1.807, 2.05) is 12.1 Å². The van der Waals surface area contributed by atoms with Gasteiger partial charge in [0, 0.05) is 33.3 Å². The van der Waals surface area contributed by atoms with Gasteiger partial charge in [-0.25, -0.2) is 0 Å². The number of nitrogens with zero attached hydrogens (tertiary/aromatic N) is 2. The summed E-state index contributed by atoms with van der Waals surface area (Å²) < 4.78 is 12.2. The Morgan fingerprint density at radius 3 is 2.66 bits per heavy atom. The van der Waals surface area contributed by atoms with Crippen molar-refractivity contribution in [1.82, 2.24) is 0 Å². The van der Waals surface area contributed by atoms with Gasteiger partial charge in [0.15, 0.2) is 11.5 Å². The van der Waals surface area contributed by atoms with Gasteiger partial charge < -0.3 is 14.3 Å². The molecule has 0 saturated heterocycles. The molecule has 32 heavy (non-hydrogen) atoms. The van der Waals surface area contributed by atoms with Crippen molar-refractivity contribution in [2.75, 3.05) is 7.11 Å². The molecule has 0 atom stereocenters. The number of benzene rings is 3. The zero-order chi connectivity index (χ0) is 23.1. The molecule has 7 nitrogen and oxygen atoms in total. The maximum atomic E-state index is 10.8. The zero-order valence-corrected chi connectivity index (χ0v) is 20.4. The van der Waals surface area contributed by atoms with Gasteiger partial charge >= 0.3 is 0 Å². The summed E-state index contributed by atoms with van der Waals surface area (Å²) in [6.07, 6.45) is 1.53.